The first-order valence-electron chi connectivity index (χ1n) is 5.81. The Kier molecular flexibility index (Phi) is 3.66. The van der Waals surface area contributed by atoms with Crippen LogP contribution < -0.4 is 11.1 Å². The van der Waals surface area contributed by atoms with Gasteiger partial charge in [0.05, 0.1) is 0 Å². The Balaban J connectivity index is 1.85. The maximum Gasteiger partial charge on any atom is 0.142 e. The Morgan fingerprint density at radius 1 is 1.62 bits per heavy atom. The second-order valence-corrected chi connectivity index (χ2v) is 5.45. The lowest BCUT2D eigenvalue weighted by molar-refractivity contribution is 0.217. The molecule has 1 aliphatic rings. The number of nitrogens with zero attached hydrogens (tertiary/aromatic N) is 2. The molecule has 2 heterocycles. The lowest BCUT2D eigenvalue weighted by Gasteiger charge is -2.29. The highest BCUT2D eigenvalue weighted by atomic mass is 32.1. The van der Waals surface area contributed by atoms with Crippen molar-refractivity contribution in [1.29, 1.82) is 0 Å². The minimum atomic E-state index is 0.660. The van der Waals surface area contributed by atoms with Crippen LogP contribution in [0.5, 0.6) is 0 Å². The molecule has 0 saturated carbocycles. The van der Waals surface area contributed by atoms with Crippen LogP contribution in [0, 0.1) is 12.8 Å². The van der Waals surface area contributed by atoms with Gasteiger partial charge in [-0.2, -0.15) is 4.37 Å². The minimum Gasteiger partial charge on any atom is -0.383 e. The highest BCUT2D eigenvalue weighted by Gasteiger charge is 2.17. The second kappa shape index (κ2) is 5.01. The fourth-order valence-electron chi connectivity index (χ4n) is 2.19. The Morgan fingerprint density at radius 3 is 3.06 bits per heavy atom. The van der Waals surface area contributed by atoms with E-state index in [1.807, 2.05) is 6.92 Å². The molecule has 16 heavy (non-hydrogen) atoms. The van der Waals surface area contributed by atoms with Gasteiger partial charge in [0.25, 0.3) is 0 Å². The molecule has 0 aromatic carbocycles. The smallest absolute Gasteiger partial charge is 0.142 e. The average molecular weight is 240 g/mol. The van der Waals surface area contributed by atoms with E-state index in [0.717, 1.165) is 23.0 Å². The summed E-state index contributed by atoms with van der Waals surface area (Å²) >= 11 is 1.47. The van der Waals surface area contributed by atoms with Gasteiger partial charge < -0.3 is 16.0 Å². The fourth-order valence-corrected chi connectivity index (χ4v) is 2.91. The largest absolute Gasteiger partial charge is 0.383 e. The highest BCUT2D eigenvalue weighted by Crippen LogP contribution is 2.26. The molecule has 1 aliphatic heterocycles. The summed E-state index contributed by atoms with van der Waals surface area (Å²) in [6, 6.07) is 0. The molecule has 0 radical (unpaired) electrons. The van der Waals surface area contributed by atoms with E-state index in [4.69, 9.17) is 5.73 Å². The van der Waals surface area contributed by atoms with Crippen molar-refractivity contribution in [1.82, 2.24) is 9.27 Å². The van der Waals surface area contributed by atoms with Gasteiger partial charge in [0.2, 0.25) is 0 Å². The summed E-state index contributed by atoms with van der Waals surface area (Å²) in [4.78, 5) is 2.41. The molecule has 2 rings (SSSR count). The van der Waals surface area contributed by atoms with Gasteiger partial charge in [-0.15, -0.1) is 0 Å². The number of likely N-dealkylation sites (tertiary alicyclic amines) is 1. The summed E-state index contributed by atoms with van der Waals surface area (Å²) in [5, 5.41) is 4.60. The molecule has 5 heteroatoms. The van der Waals surface area contributed by atoms with Crippen LogP contribution in [-0.4, -0.2) is 36.0 Å². The second-order valence-electron chi connectivity index (χ2n) is 4.67. The third kappa shape index (κ3) is 2.65. The van der Waals surface area contributed by atoms with Crippen LogP contribution in [-0.2, 0) is 0 Å². The van der Waals surface area contributed by atoms with Crippen molar-refractivity contribution in [3.63, 3.8) is 0 Å². The van der Waals surface area contributed by atoms with Crippen LogP contribution in [0.4, 0.5) is 10.8 Å². The predicted molar refractivity (Wildman–Crippen MR) is 70.0 cm³/mol. The van der Waals surface area contributed by atoms with Crippen LogP contribution in [0.25, 0.3) is 0 Å². The van der Waals surface area contributed by atoms with E-state index >= 15 is 0 Å². The molecule has 90 valence electrons. The number of nitrogen functional groups attached to an aromatic ring is 1. The number of aromatic nitrogens is 1. The lowest BCUT2D eigenvalue weighted by atomic mass is 9.98. The summed E-state index contributed by atoms with van der Waals surface area (Å²) in [5.74, 6) is 1.41. The quantitative estimate of drug-likeness (QED) is 0.845. The van der Waals surface area contributed by atoms with Gasteiger partial charge in [-0.3, -0.25) is 0 Å². The van der Waals surface area contributed by atoms with Crippen LogP contribution in [0.2, 0.25) is 0 Å². The van der Waals surface area contributed by atoms with E-state index in [1.54, 1.807) is 0 Å². The SMILES string of the molecule is Cc1c(N)nsc1NCC1CCCN(C)C1. The zero-order chi connectivity index (χ0) is 11.5. The van der Waals surface area contributed by atoms with Crippen LogP contribution in [0.15, 0.2) is 0 Å². The first-order valence-corrected chi connectivity index (χ1v) is 6.58. The van der Waals surface area contributed by atoms with Crippen molar-refractivity contribution in [3.8, 4) is 0 Å². The molecular formula is C11H20N4S. The van der Waals surface area contributed by atoms with Crippen LogP contribution in [0.1, 0.15) is 18.4 Å². The van der Waals surface area contributed by atoms with E-state index in [1.165, 1.54) is 37.5 Å². The van der Waals surface area contributed by atoms with Crippen molar-refractivity contribution in [3.05, 3.63) is 5.56 Å². The number of rotatable bonds is 3. The van der Waals surface area contributed by atoms with Crippen LogP contribution >= 0.6 is 11.5 Å². The number of nitrogens with one attached hydrogen (secondary N) is 1. The molecule has 1 fully saturated rings. The first-order chi connectivity index (χ1) is 7.66. The summed E-state index contributed by atoms with van der Waals surface area (Å²) in [6.45, 7) is 5.49. The molecule has 1 aromatic rings. The summed E-state index contributed by atoms with van der Waals surface area (Å²) in [7, 11) is 2.20. The molecular weight excluding hydrogens is 220 g/mol. The zero-order valence-corrected chi connectivity index (χ0v) is 10.8. The Bertz CT molecular complexity index is 350. The molecule has 0 aliphatic carbocycles. The lowest BCUT2D eigenvalue weighted by Crippen LogP contribution is -2.35. The van der Waals surface area contributed by atoms with Gasteiger partial charge in [-0.25, -0.2) is 0 Å². The summed E-state index contributed by atoms with van der Waals surface area (Å²) < 4.78 is 4.14. The normalized spacial score (nSPS) is 22.2. The Hall–Kier alpha value is -0.810. The van der Waals surface area contributed by atoms with E-state index in [2.05, 4.69) is 21.6 Å². The van der Waals surface area contributed by atoms with E-state index in [-0.39, 0.29) is 0 Å². The molecule has 1 saturated heterocycles. The molecule has 0 amide bonds. The van der Waals surface area contributed by atoms with Gasteiger partial charge in [0.1, 0.15) is 10.8 Å². The van der Waals surface area contributed by atoms with Crippen molar-refractivity contribution in [2.45, 2.75) is 19.8 Å². The minimum absolute atomic E-state index is 0.660. The molecule has 1 unspecified atom stereocenters. The predicted octanol–water partition coefficient (Wildman–Crippen LogP) is 1.79. The van der Waals surface area contributed by atoms with Gasteiger partial charge in [-0.05, 0) is 50.8 Å². The van der Waals surface area contributed by atoms with Crippen molar-refractivity contribution in [2.24, 2.45) is 5.92 Å². The molecule has 3 N–H and O–H groups in total. The molecule has 1 atom stereocenters. The average Bonchev–Trinajstić information content (AvgIpc) is 2.57. The van der Waals surface area contributed by atoms with Crippen molar-refractivity contribution < 1.29 is 0 Å². The van der Waals surface area contributed by atoms with Crippen molar-refractivity contribution in [2.75, 3.05) is 37.7 Å². The maximum atomic E-state index is 5.72. The number of nitrogens with two attached hydrogens (primary N) is 1. The molecule has 0 bridgehead atoms. The maximum absolute atomic E-state index is 5.72. The molecule has 1 aromatic heterocycles. The number of hydrogen-bond acceptors (Lipinski definition) is 5. The standard InChI is InChI=1S/C11H20N4S/c1-8-10(12)14-16-11(8)13-6-9-4-3-5-15(2)7-9/h9,13H,3-7H2,1-2H3,(H2,12,14). The third-order valence-corrected chi connectivity index (χ3v) is 4.15. The number of hydrogen-bond donors (Lipinski definition) is 2. The highest BCUT2D eigenvalue weighted by molar-refractivity contribution is 7.10. The van der Waals surface area contributed by atoms with Gasteiger partial charge >= 0.3 is 0 Å². The number of anilines is 2. The zero-order valence-electron chi connectivity index (χ0n) is 9.99. The van der Waals surface area contributed by atoms with E-state index in [9.17, 15) is 0 Å². The Labute approximate surface area is 101 Å². The summed E-state index contributed by atoms with van der Waals surface area (Å²) in [6.07, 6.45) is 2.64. The fraction of sp³-hybridized carbons (Fsp3) is 0.727. The topological polar surface area (TPSA) is 54.2 Å². The summed E-state index contributed by atoms with van der Waals surface area (Å²) in [5.41, 5.74) is 6.81. The third-order valence-electron chi connectivity index (χ3n) is 3.23. The van der Waals surface area contributed by atoms with Gasteiger partial charge in [0, 0.05) is 18.7 Å². The van der Waals surface area contributed by atoms with E-state index in [0.29, 0.717) is 5.82 Å². The van der Waals surface area contributed by atoms with Gasteiger partial charge in [-0.1, -0.05) is 0 Å². The number of piperidine rings is 1. The molecule has 4 nitrogen and oxygen atoms in total. The first kappa shape index (κ1) is 11.7. The van der Waals surface area contributed by atoms with Gasteiger partial charge in [0.15, 0.2) is 0 Å². The van der Waals surface area contributed by atoms with Crippen LogP contribution in [0.3, 0.4) is 0 Å². The molecule has 0 spiro atoms. The monoisotopic (exact) mass is 240 g/mol. The van der Waals surface area contributed by atoms with Crippen molar-refractivity contribution >= 4 is 22.4 Å². The Morgan fingerprint density at radius 2 is 2.44 bits per heavy atom. The van der Waals surface area contributed by atoms with E-state index < -0.39 is 0 Å².